The van der Waals surface area contributed by atoms with Crippen molar-refractivity contribution in [3.05, 3.63) is 80.8 Å². The van der Waals surface area contributed by atoms with Crippen molar-refractivity contribution in [1.82, 2.24) is 0 Å². The van der Waals surface area contributed by atoms with Crippen LogP contribution in [0, 0.1) is 15.5 Å². The fourth-order valence-corrected chi connectivity index (χ4v) is 2.73. The van der Waals surface area contributed by atoms with E-state index in [0.29, 0.717) is 0 Å². The predicted octanol–water partition coefficient (Wildman–Crippen LogP) is 4.48. The van der Waals surface area contributed by atoms with Crippen LogP contribution in [0.1, 0.15) is 0 Å². The summed E-state index contributed by atoms with van der Waals surface area (Å²) in [6, 6.07) is 15.2. The first kappa shape index (κ1) is 19.3. The van der Waals surface area contributed by atoms with Crippen LogP contribution in [0.3, 0.4) is 0 Å². The molecular formula is C16H10ClN3O5S. The zero-order valence-corrected chi connectivity index (χ0v) is 14.5. The average Bonchev–Trinajstić information content (AvgIpc) is 2.61. The zero-order chi connectivity index (χ0) is 19.3. The van der Waals surface area contributed by atoms with Gasteiger partial charge in [-0.3, -0.25) is 10.1 Å². The number of benzene rings is 3. The Hall–Kier alpha value is -3.06. The molecule has 0 bridgehead atoms. The number of non-ortho nitro benzene ring substituents is 1. The molecule has 0 unspecified atom stereocenters. The molecule has 3 aromatic carbocycles. The van der Waals surface area contributed by atoms with Gasteiger partial charge in [0.25, 0.3) is 5.69 Å². The fourth-order valence-electron chi connectivity index (χ4n) is 2.01. The predicted molar refractivity (Wildman–Crippen MR) is 94.8 cm³/mol. The van der Waals surface area contributed by atoms with Crippen LogP contribution in [0.4, 0.5) is 11.4 Å². The summed E-state index contributed by atoms with van der Waals surface area (Å²) in [6.45, 7) is 0. The summed E-state index contributed by atoms with van der Waals surface area (Å²) in [5.41, 5.74) is -0.0188. The molecule has 0 radical (unpaired) electrons. The lowest BCUT2D eigenvalue weighted by molar-refractivity contribution is -0.384. The van der Waals surface area contributed by atoms with E-state index in [2.05, 4.69) is 4.98 Å². The van der Waals surface area contributed by atoms with Crippen LogP contribution in [0.2, 0.25) is 5.02 Å². The minimum Gasteiger partial charge on any atom is -0.744 e. The molecule has 0 aliphatic rings. The van der Waals surface area contributed by atoms with Gasteiger partial charge in [0.05, 0.1) is 9.82 Å². The first-order valence-corrected chi connectivity index (χ1v) is 8.75. The Balaban J connectivity index is 0.000000190. The SMILES string of the molecule is N#[N+]c1ccc([N+](=O)[O-])cc1Cl.O=S(=O)([O-])c1ccc2ccccc2c1. The third-order valence-corrected chi connectivity index (χ3v) is 4.39. The van der Waals surface area contributed by atoms with Gasteiger partial charge in [0, 0.05) is 18.2 Å². The van der Waals surface area contributed by atoms with Crippen molar-refractivity contribution >= 4 is 43.9 Å². The molecule has 0 spiro atoms. The Labute approximate surface area is 153 Å². The van der Waals surface area contributed by atoms with Crippen LogP contribution in [0.5, 0.6) is 0 Å². The van der Waals surface area contributed by atoms with Crippen molar-refractivity contribution < 1.29 is 17.9 Å². The Morgan fingerprint density at radius 3 is 2.19 bits per heavy atom. The molecule has 0 saturated heterocycles. The highest BCUT2D eigenvalue weighted by molar-refractivity contribution is 7.85. The van der Waals surface area contributed by atoms with Crippen molar-refractivity contribution in [2.24, 2.45) is 0 Å². The van der Waals surface area contributed by atoms with Gasteiger partial charge in [-0.05, 0) is 22.9 Å². The molecule has 0 heterocycles. The van der Waals surface area contributed by atoms with Crippen molar-refractivity contribution in [2.45, 2.75) is 4.90 Å². The number of diazo groups is 1. The van der Waals surface area contributed by atoms with Crippen molar-refractivity contribution in [1.29, 1.82) is 5.39 Å². The summed E-state index contributed by atoms with van der Waals surface area (Å²) >= 11 is 5.52. The van der Waals surface area contributed by atoms with E-state index < -0.39 is 15.0 Å². The summed E-state index contributed by atoms with van der Waals surface area (Å²) in [5, 5.41) is 20.2. The lowest BCUT2D eigenvalue weighted by Gasteiger charge is -2.07. The van der Waals surface area contributed by atoms with Gasteiger partial charge >= 0.3 is 5.69 Å². The lowest BCUT2D eigenvalue weighted by Crippen LogP contribution is -1.97. The topological polar surface area (TPSA) is 128 Å². The summed E-state index contributed by atoms with van der Waals surface area (Å²) in [5.74, 6) is 0. The largest absolute Gasteiger partial charge is 0.744 e. The first-order chi connectivity index (χ1) is 12.2. The van der Waals surface area contributed by atoms with Crippen molar-refractivity contribution in [3.63, 3.8) is 0 Å². The first-order valence-electron chi connectivity index (χ1n) is 6.96. The molecule has 3 aromatic rings. The van der Waals surface area contributed by atoms with E-state index >= 15 is 0 Å². The lowest BCUT2D eigenvalue weighted by atomic mass is 10.1. The molecule has 3 rings (SSSR count). The summed E-state index contributed by atoms with van der Waals surface area (Å²) in [4.78, 5) is 12.3. The summed E-state index contributed by atoms with van der Waals surface area (Å²) < 4.78 is 32.2. The van der Waals surface area contributed by atoms with Gasteiger partial charge in [0.1, 0.15) is 15.1 Å². The maximum atomic E-state index is 10.7. The number of nitro groups is 1. The van der Waals surface area contributed by atoms with Crippen LogP contribution in [0.25, 0.3) is 15.7 Å². The molecule has 0 amide bonds. The molecule has 0 N–H and O–H groups in total. The van der Waals surface area contributed by atoms with Crippen molar-refractivity contribution in [2.75, 3.05) is 0 Å². The molecule has 8 nitrogen and oxygen atoms in total. The van der Waals surface area contributed by atoms with Gasteiger partial charge in [-0.15, -0.1) is 0 Å². The van der Waals surface area contributed by atoms with Gasteiger partial charge < -0.3 is 4.55 Å². The number of rotatable bonds is 2. The number of nitro benzene ring substituents is 1. The van der Waals surface area contributed by atoms with Crippen LogP contribution < -0.4 is 0 Å². The molecule has 26 heavy (non-hydrogen) atoms. The molecule has 10 heteroatoms. The standard InChI is InChI=1S/C10H8O3S.C6H3ClN3O2/c11-14(12,13)10-6-5-8-3-1-2-4-9(8)7-10;7-5-3-4(10(11)12)1-2-6(5)9-8/h1-7H,(H,11,12,13);1-3H/q;+1/p-1. The second kappa shape index (κ2) is 7.88. The molecule has 0 atom stereocenters. The van der Waals surface area contributed by atoms with E-state index in [1.165, 1.54) is 24.3 Å². The van der Waals surface area contributed by atoms with Crippen molar-refractivity contribution in [3.8, 4) is 0 Å². The Bertz CT molecular complexity index is 1130. The van der Waals surface area contributed by atoms with Gasteiger partial charge in [-0.25, -0.2) is 8.42 Å². The van der Waals surface area contributed by atoms with Crippen LogP contribution in [-0.4, -0.2) is 17.9 Å². The maximum absolute atomic E-state index is 10.7. The van der Waals surface area contributed by atoms with Crippen LogP contribution in [0.15, 0.2) is 65.6 Å². The third kappa shape index (κ3) is 4.73. The van der Waals surface area contributed by atoms with Crippen LogP contribution >= 0.6 is 11.6 Å². The third-order valence-electron chi connectivity index (χ3n) is 3.26. The van der Waals surface area contributed by atoms with Gasteiger partial charge in [-0.1, -0.05) is 41.9 Å². The van der Waals surface area contributed by atoms with E-state index in [-0.39, 0.29) is 21.3 Å². The highest BCUT2D eigenvalue weighted by atomic mass is 35.5. The number of hydrogen-bond acceptors (Lipinski definition) is 6. The highest BCUT2D eigenvalue weighted by Gasteiger charge is 2.16. The number of nitrogens with zero attached hydrogens (tertiary/aromatic N) is 3. The minimum atomic E-state index is -4.34. The van der Waals surface area contributed by atoms with E-state index in [0.717, 1.165) is 16.8 Å². The Morgan fingerprint density at radius 1 is 1.00 bits per heavy atom. The van der Waals surface area contributed by atoms with E-state index in [1.54, 1.807) is 18.2 Å². The quantitative estimate of drug-likeness (QED) is 0.274. The molecule has 0 aliphatic heterocycles. The number of fused-ring (bicyclic) bond motifs is 1. The fraction of sp³-hybridized carbons (Fsp3) is 0. The average molecular weight is 392 g/mol. The Morgan fingerprint density at radius 2 is 1.65 bits per heavy atom. The van der Waals surface area contributed by atoms with Crippen LogP contribution in [-0.2, 0) is 10.1 Å². The van der Waals surface area contributed by atoms with Gasteiger partial charge in [0.2, 0.25) is 5.39 Å². The Kier molecular flexibility index (Phi) is 5.84. The molecule has 0 aromatic heterocycles. The van der Waals surface area contributed by atoms with E-state index in [1.807, 2.05) is 12.1 Å². The molecule has 0 saturated carbocycles. The molecule has 0 fully saturated rings. The highest BCUT2D eigenvalue weighted by Crippen LogP contribution is 2.28. The van der Waals surface area contributed by atoms with E-state index in [4.69, 9.17) is 17.0 Å². The number of hydrogen-bond donors (Lipinski definition) is 0. The summed E-state index contributed by atoms with van der Waals surface area (Å²) in [7, 11) is -4.34. The molecule has 0 aliphatic carbocycles. The second-order valence-corrected chi connectivity index (χ2v) is 6.74. The van der Waals surface area contributed by atoms with Gasteiger partial charge in [0.15, 0.2) is 4.98 Å². The maximum Gasteiger partial charge on any atom is 0.403 e. The normalized spacial score (nSPS) is 10.5. The zero-order valence-electron chi connectivity index (χ0n) is 12.9. The summed E-state index contributed by atoms with van der Waals surface area (Å²) in [6.07, 6.45) is 0. The second-order valence-electron chi connectivity index (χ2n) is 4.96. The molecular weight excluding hydrogens is 382 g/mol. The monoisotopic (exact) mass is 391 g/mol. The van der Waals surface area contributed by atoms with Gasteiger partial charge in [-0.2, -0.15) is 0 Å². The minimum absolute atomic E-state index is 0.0479. The smallest absolute Gasteiger partial charge is 0.403 e. The number of halogens is 1. The molecule has 132 valence electrons. The van der Waals surface area contributed by atoms with E-state index in [9.17, 15) is 23.1 Å².